The lowest BCUT2D eigenvalue weighted by molar-refractivity contribution is -0.0881. The van der Waals surface area contributed by atoms with Crippen LogP contribution in [0.15, 0.2) is 12.4 Å². The summed E-state index contributed by atoms with van der Waals surface area (Å²) < 4.78 is 6.11. The van der Waals surface area contributed by atoms with E-state index < -0.39 is 0 Å². The molecule has 1 aliphatic carbocycles. The molecule has 0 bridgehead atoms. The Bertz CT molecular complexity index is 403. The topological polar surface area (TPSA) is 47.0 Å². The number of nitrogens with zero attached hydrogens (tertiary/aromatic N) is 2. The first-order valence-corrected chi connectivity index (χ1v) is 7.86. The SMILES string of the molecule is CCNCc1cnc(C2(OCC)CCCC(C)C2)nc1. The van der Waals surface area contributed by atoms with Gasteiger partial charge in [-0.3, -0.25) is 0 Å². The molecule has 1 fully saturated rings. The standard InChI is InChI=1S/C16H27N3O/c1-4-17-10-14-11-18-15(19-12-14)16(20-5-2)8-6-7-13(3)9-16/h11-13,17H,4-10H2,1-3H3. The van der Waals surface area contributed by atoms with Gasteiger partial charge in [-0.1, -0.05) is 20.3 Å². The highest BCUT2D eigenvalue weighted by molar-refractivity contribution is 5.11. The quantitative estimate of drug-likeness (QED) is 0.868. The van der Waals surface area contributed by atoms with Crippen molar-refractivity contribution < 1.29 is 4.74 Å². The minimum absolute atomic E-state index is 0.261. The van der Waals surface area contributed by atoms with Crippen LogP contribution in [0.1, 0.15) is 57.8 Å². The first kappa shape index (κ1) is 15.4. The maximum Gasteiger partial charge on any atom is 0.160 e. The zero-order valence-electron chi connectivity index (χ0n) is 13.0. The van der Waals surface area contributed by atoms with Gasteiger partial charge in [0, 0.05) is 31.1 Å². The molecule has 0 aromatic carbocycles. The van der Waals surface area contributed by atoms with Crippen LogP contribution in [0.5, 0.6) is 0 Å². The van der Waals surface area contributed by atoms with E-state index in [0.29, 0.717) is 5.92 Å². The summed E-state index contributed by atoms with van der Waals surface area (Å²) in [7, 11) is 0. The first-order valence-electron chi connectivity index (χ1n) is 7.86. The molecule has 2 unspecified atom stereocenters. The minimum Gasteiger partial charge on any atom is -0.367 e. The Labute approximate surface area is 122 Å². The first-order chi connectivity index (χ1) is 9.70. The van der Waals surface area contributed by atoms with Gasteiger partial charge in [0.2, 0.25) is 0 Å². The highest BCUT2D eigenvalue weighted by Gasteiger charge is 2.39. The van der Waals surface area contributed by atoms with Gasteiger partial charge < -0.3 is 10.1 Å². The van der Waals surface area contributed by atoms with E-state index in [2.05, 4.69) is 36.1 Å². The Balaban J connectivity index is 2.16. The molecule has 4 nitrogen and oxygen atoms in total. The molecule has 0 saturated heterocycles. The van der Waals surface area contributed by atoms with Gasteiger partial charge in [-0.2, -0.15) is 0 Å². The van der Waals surface area contributed by atoms with Crippen molar-refractivity contribution in [1.82, 2.24) is 15.3 Å². The second-order valence-electron chi connectivity index (χ2n) is 5.82. The lowest BCUT2D eigenvalue weighted by Crippen LogP contribution is -2.37. The predicted octanol–water partition coefficient (Wildman–Crippen LogP) is 3.03. The van der Waals surface area contributed by atoms with Crippen LogP contribution in [0.25, 0.3) is 0 Å². The summed E-state index contributed by atoms with van der Waals surface area (Å²) in [4.78, 5) is 9.21. The van der Waals surface area contributed by atoms with Gasteiger partial charge in [-0.25, -0.2) is 9.97 Å². The highest BCUT2D eigenvalue weighted by Crippen LogP contribution is 2.41. The molecular formula is C16H27N3O. The van der Waals surface area contributed by atoms with Crippen LogP contribution in [0.3, 0.4) is 0 Å². The Kier molecular flexibility index (Phi) is 5.49. The van der Waals surface area contributed by atoms with Crippen molar-refractivity contribution >= 4 is 0 Å². The number of rotatable bonds is 6. The monoisotopic (exact) mass is 277 g/mol. The molecule has 20 heavy (non-hydrogen) atoms. The van der Waals surface area contributed by atoms with E-state index in [9.17, 15) is 0 Å². The molecule has 112 valence electrons. The minimum atomic E-state index is -0.261. The van der Waals surface area contributed by atoms with E-state index in [1.54, 1.807) is 0 Å². The summed E-state index contributed by atoms with van der Waals surface area (Å²) in [5, 5.41) is 3.29. The molecule has 2 rings (SSSR count). The van der Waals surface area contributed by atoms with Crippen LogP contribution in [0.2, 0.25) is 0 Å². The second-order valence-corrected chi connectivity index (χ2v) is 5.82. The number of ether oxygens (including phenoxy) is 1. The van der Waals surface area contributed by atoms with Gasteiger partial charge in [-0.15, -0.1) is 0 Å². The molecule has 4 heteroatoms. The number of hydrogen-bond donors (Lipinski definition) is 1. The van der Waals surface area contributed by atoms with E-state index in [4.69, 9.17) is 4.74 Å². The van der Waals surface area contributed by atoms with Crippen molar-refractivity contribution in [3.05, 3.63) is 23.8 Å². The average Bonchev–Trinajstić information content (AvgIpc) is 2.46. The molecule has 0 amide bonds. The maximum absolute atomic E-state index is 6.11. The molecule has 1 aliphatic rings. The Morgan fingerprint density at radius 1 is 1.35 bits per heavy atom. The smallest absolute Gasteiger partial charge is 0.160 e. The zero-order chi connectivity index (χ0) is 14.4. The predicted molar refractivity (Wildman–Crippen MR) is 80.3 cm³/mol. The van der Waals surface area contributed by atoms with Gasteiger partial charge in [0.05, 0.1) is 0 Å². The van der Waals surface area contributed by atoms with Crippen LogP contribution >= 0.6 is 0 Å². The van der Waals surface area contributed by atoms with Gasteiger partial charge in [0.25, 0.3) is 0 Å². The lowest BCUT2D eigenvalue weighted by Gasteiger charge is -2.38. The molecule has 1 heterocycles. The fourth-order valence-corrected chi connectivity index (χ4v) is 3.13. The Morgan fingerprint density at radius 3 is 2.70 bits per heavy atom. The normalized spacial score (nSPS) is 26.6. The van der Waals surface area contributed by atoms with Crippen molar-refractivity contribution in [3.63, 3.8) is 0 Å². The molecule has 1 aromatic rings. The Hall–Kier alpha value is -1.00. The van der Waals surface area contributed by atoms with E-state index in [0.717, 1.165) is 43.9 Å². The van der Waals surface area contributed by atoms with Crippen molar-refractivity contribution in [3.8, 4) is 0 Å². The molecule has 1 aromatic heterocycles. The van der Waals surface area contributed by atoms with Gasteiger partial charge in [0.1, 0.15) is 5.60 Å². The largest absolute Gasteiger partial charge is 0.367 e. The van der Waals surface area contributed by atoms with Crippen LogP contribution in [-0.4, -0.2) is 23.1 Å². The van der Waals surface area contributed by atoms with Gasteiger partial charge in [0.15, 0.2) is 5.82 Å². The van der Waals surface area contributed by atoms with E-state index in [-0.39, 0.29) is 5.60 Å². The van der Waals surface area contributed by atoms with Crippen molar-refractivity contribution in [2.75, 3.05) is 13.2 Å². The summed E-state index contributed by atoms with van der Waals surface area (Å²) in [5.41, 5.74) is 0.870. The van der Waals surface area contributed by atoms with Crippen LogP contribution in [-0.2, 0) is 16.9 Å². The zero-order valence-corrected chi connectivity index (χ0v) is 13.0. The van der Waals surface area contributed by atoms with Crippen LogP contribution in [0, 0.1) is 5.92 Å². The maximum atomic E-state index is 6.11. The van der Waals surface area contributed by atoms with Crippen LogP contribution < -0.4 is 5.32 Å². The number of aromatic nitrogens is 2. The number of nitrogens with one attached hydrogen (secondary N) is 1. The van der Waals surface area contributed by atoms with Crippen LogP contribution in [0.4, 0.5) is 0 Å². The molecule has 0 radical (unpaired) electrons. The molecule has 0 aliphatic heterocycles. The third-order valence-corrected chi connectivity index (χ3v) is 4.07. The van der Waals surface area contributed by atoms with Gasteiger partial charge in [-0.05, 0) is 38.6 Å². The van der Waals surface area contributed by atoms with Crippen molar-refractivity contribution in [2.24, 2.45) is 5.92 Å². The average molecular weight is 277 g/mol. The van der Waals surface area contributed by atoms with Crippen molar-refractivity contribution in [1.29, 1.82) is 0 Å². The summed E-state index contributed by atoms with van der Waals surface area (Å²) in [6.07, 6.45) is 8.43. The summed E-state index contributed by atoms with van der Waals surface area (Å²) in [6, 6.07) is 0. The Morgan fingerprint density at radius 2 is 2.10 bits per heavy atom. The fraction of sp³-hybridized carbons (Fsp3) is 0.750. The fourth-order valence-electron chi connectivity index (χ4n) is 3.13. The van der Waals surface area contributed by atoms with Gasteiger partial charge >= 0.3 is 0 Å². The summed E-state index contributed by atoms with van der Waals surface area (Å²) >= 11 is 0. The summed E-state index contributed by atoms with van der Waals surface area (Å²) in [5.74, 6) is 1.55. The summed E-state index contributed by atoms with van der Waals surface area (Å²) in [6.45, 7) is 8.96. The highest BCUT2D eigenvalue weighted by atomic mass is 16.5. The second kappa shape index (κ2) is 7.14. The number of hydrogen-bond acceptors (Lipinski definition) is 4. The molecule has 0 spiro atoms. The van der Waals surface area contributed by atoms with E-state index >= 15 is 0 Å². The molecule has 1 saturated carbocycles. The third-order valence-electron chi connectivity index (χ3n) is 4.07. The lowest BCUT2D eigenvalue weighted by atomic mass is 9.78. The molecule has 1 N–H and O–H groups in total. The van der Waals surface area contributed by atoms with Crippen molar-refractivity contribution in [2.45, 2.75) is 58.6 Å². The van der Waals surface area contributed by atoms with E-state index in [1.807, 2.05) is 12.4 Å². The molecule has 2 atom stereocenters. The third kappa shape index (κ3) is 3.55. The van der Waals surface area contributed by atoms with E-state index in [1.165, 1.54) is 12.8 Å². The molecular weight excluding hydrogens is 250 g/mol.